The summed E-state index contributed by atoms with van der Waals surface area (Å²) < 4.78 is 5.80. The van der Waals surface area contributed by atoms with Crippen LogP contribution in [-0.2, 0) is 6.61 Å². The van der Waals surface area contributed by atoms with E-state index in [-0.39, 0.29) is 6.04 Å². The average molecular weight is 255 g/mol. The van der Waals surface area contributed by atoms with Crippen LogP contribution in [0.3, 0.4) is 0 Å². The van der Waals surface area contributed by atoms with Crippen molar-refractivity contribution < 1.29 is 4.74 Å². The molecule has 2 N–H and O–H groups in total. The Morgan fingerprint density at radius 3 is 2.37 bits per heavy atom. The van der Waals surface area contributed by atoms with Crippen LogP contribution in [0.1, 0.15) is 36.1 Å². The van der Waals surface area contributed by atoms with Crippen LogP contribution in [0.4, 0.5) is 0 Å². The van der Waals surface area contributed by atoms with Crippen molar-refractivity contribution in [3.05, 3.63) is 65.2 Å². The summed E-state index contributed by atoms with van der Waals surface area (Å²) in [5.41, 5.74) is 9.62. The summed E-state index contributed by atoms with van der Waals surface area (Å²) in [4.78, 5) is 0. The fourth-order valence-corrected chi connectivity index (χ4v) is 1.98. The Kier molecular flexibility index (Phi) is 4.58. The van der Waals surface area contributed by atoms with E-state index < -0.39 is 0 Å². The first-order valence-corrected chi connectivity index (χ1v) is 6.73. The number of nitrogens with two attached hydrogens (primary N) is 1. The summed E-state index contributed by atoms with van der Waals surface area (Å²) in [5, 5.41) is 0. The molecule has 0 fully saturated rings. The molecule has 0 aliphatic heterocycles. The first-order valence-electron chi connectivity index (χ1n) is 6.73. The van der Waals surface area contributed by atoms with Crippen molar-refractivity contribution in [2.24, 2.45) is 5.73 Å². The summed E-state index contributed by atoms with van der Waals surface area (Å²) in [6.07, 6.45) is 0.948. The fourth-order valence-electron chi connectivity index (χ4n) is 1.98. The van der Waals surface area contributed by atoms with Crippen LogP contribution < -0.4 is 10.5 Å². The van der Waals surface area contributed by atoms with Gasteiger partial charge < -0.3 is 10.5 Å². The van der Waals surface area contributed by atoms with Gasteiger partial charge in [-0.1, -0.05) is 43.3 Å². The second-order valence-electron chi connectivity index (χ2n) is 4.80. The van der Waals surface area contributed by atoms with Crippen LogP contribution >= 0.6 is 0 Å². The second-order valence-corrected chi connectivity index (χ2v) is 4.80. The lowest BCUT2D eigenvalue weighted by Gasteiger charge is -2.11. The zero-order valence-corrected chi connectivity index (χ0v) is 11.6. The van der Waals surface area contributed by atoms with Gasteiger partial charge in [-0.2, -0.15) is 0 Å². The maximum Gasteiger partial charge on any atom is 0.119 e. The molecule has 2 nitrogen and oxygen atoms in total. The Labute approximate surface area is 115 Å². The lowest BCUT2D eigenvalue weighted by Crippen LogP contribution is -2.08. The molecule has 2 aromatic carbocycles. The third kappa shape index (κ3) is 3.58. The van der Waals surface area contributed by atoms with E-state index in [9.17, 15) is 0 Å². The highest BCUT2D eigenvalue weighted by Crippen LogP contribution is 2.19. The summed E-state index contributed by atoms with van der Waals surface area (Å²) in [6, 6.07) is 16.5. The maximum atomic E-state index is 5.99. The van der Waals surface area contributed by atoms with Gasteiger partial charge in [0.25, 0.3) is 0 Å². The summed E-state index contributed by atoms with van der Waals surface area (Å²) in [5.74, 6) is 0.885. The molecule has 2 rings (SSSR count). The Hall–Kier alpha value is -1.80. The first-order chi connectivity index (χ1) is 9.20. The second kappa shape index (κ2) is 6.39. The van der Waals surface area contributed by atoms with Gasteiger partial charge in [0.2, 0.25) is 0 Å². The number of ether oxygens (including phenoxy) is 1. The van der Waals surface area contributed by atoms with E-state index >= 15 is 0 Å². The molecule has 0 heterocycles. The highest BCUT2D eigenvalue weighted by molar-refractivity contribution is 5.30. The van der Waals surface area contributed by atoms with E-state index in [1.165, 1.54) is 11.1 Å². The minimum Gasteiger partial charge on any atom is -0.489 e. The zero-order valence-electron chi connectivity index (χ0n) is 11.6. The molecule has 0 aromatic heterocycles. The molecule has 0 unspecified atom stereocenters. The molecule has 2 heteroatoms. The van der Waals surface area contributed by atoms with Crippen molar-refractivity contribution in [1.29, 1.82) is 0 Å². The lowest BCUT2D eigenvalue weighted by atomic mass is 10.1. The third-order valence-electron chi connectivity index (χ3n) is 3.40. The molecular formula is C17H21NO. The highest BCUT2D eigenvalue weighted by atomic mass is 16.5. The molecule has 0 spiro atoms. The average Bonchev–Trinajstić information content (AvgIpc) is 2.46. The number of hydrogen-bond donors (Lipinski definition) is 1. The first kappa shape index (κ1) is 13.6. The van der Waals surface area contributed by atoms with Crippen LogP contribution in [-0.4, -0.2) is 0 Å². The Morgan fingerprint density at radius 2 is 1.74 bits per heavy atom. The molecule has 0 bridgehead atoms. The van der Waals surface area contributed by atoms with Crippen molar-refractivity contribution in [3.8, 4) is 5.75 Å². The van der Waals surface area contributed by atoms with Gasteiger partial charge in [-0.05, 0) is 42.2 Å². The number of hydrogen-bond acceptors (Lipinski definition) is 2. The number of aryl methyl sites for hydroxylation is 1. The quantitative estimate of drug-likeness (QED) is 0.877. The summed E-state index contributed by atoms with van der Waals surface area (Å²) >= 11 is 0. The fraction of sp³-hybridized carbons (Fsp3) is 0.294. The number of benzene rings is 2. The van der Waals surface area contributed by atoms with Gasteiger partial charge in [0.15, 0.2) is 0 Å². The topological polar surface area (TPSA) is 35.2 Å². The molecule has 0 amide bonds. The van der Waals surface area contributed by atoms with E-state index in [0.29, 0.717) is 6.61 Å². The smallest absolute Gasteiger partial charge is 0.119 e. The van der Waals surface area contributed by atoms with Crippen LogP contribution in [0, 0.1) is 6.92 Å². The normalized spacial score (nSPS) is 12.2. The molecule has 100 valence electrons. The third-order valence-corrected chi connectivity index (χ3v) is 3.40. The molecule has 0 aliphatic rings. The summed E-state index contributed by atoms with van der Waals surface area (Å²) in [6.45, 7) is 4.79. The van der Waals surface area contributed by atoms with Crippen LogP contribution in [0.15, 0.2) is 48.5 Å². The minimum atomic E-state index is 0.116. The Morgan fingerprint density at radius 1 is 1.05 bits per heavy atom. The van der Waals surface area contributed by atoms with E-state index in [1.807, 2.05) is 36.4 Å². The van der Waals surface area contributed by atoms with Crippen molar-refractivity contribution in [2.75, 3.05) is 0 Å². The van der Waals surface area contributed by atoms with Gasteiger partial charge in [-0.3, -0.25) is 0 Å². The largest absolute Gasteiger partial charge is 0.489 e. The van der Waals surface area contributed by atoms with Gasteiger partial charge in [0.1, 0.15) is 12.4 Å². The molecule has 0 aliphatic carbocycles. The van der Waals surface area contributed by atoms with E-state index in [2.05, 4.69) is 26.0 Å². The van der Waals surface area contributed by atoms with Crippen molar-refractivity contribution >= 4 is 0 Å². The van der Waals surface area contributed by atoms with Gasteiger partial charge in [-0.25, -0.2) is 0 Å². The Balaban J connectivity index is 1.99. The molecule has 19 heavy (non-hydrogen) atoms. The van der Waals surface area contributed by atoms with Crippen molar-refractivity contribution in [2.45, 2.75) is 32.9 Å². The monoisotopic (exact) mass is 255 g/mol. The molecule has 0 saturated heterocycles. The molecule has 2 aromatic rings. The van der Waals surface area contributed by atoms with Crippen LogP contribution in [0.25, 0.3) is 0 Å². The highest BCUT2D eigenvalue weighted by Gasteiger charge is 2.03. The lowest BCUT2D eigenvalue weighted by molar-refractivity contribution is 0.305. The SMILES string of the molecule is CC[C@@H](N)c1ccc(OCc2ccccc2C)cc1. The van der Waals surface area contributed by atoms with E-state index in [1.54, 1.807) is 0 Å². The van der Waals surface area contributed by atoms with Gasteiger partial charge in [-0.15, -0.1) is 0 Å². The van der Waals surface area contributed by atoms with E-state index in [0.717, 1.165) is 17.7 Å². The predicted octanol–water partition coefficient (Wildman–Crippen LogP) is 3.98. The number of rotatable bonds is 5. The van der Waals surface area contributed by atoms with Gasteiger partial charge in [0.05, 0.1) is 0 Å². The van der Waals surface area contributed by atoms with Gasteiger partial charge >= 0.3 is 0 Å². The molecule has 0 radical (unpaired) electrons. The maximum absolute atomic E-state index is 5.99. The van der Waals surface area contributed by atoms with Crippen LogP contribution in [0.2, 0.25) is 0 Å². The van der Waals surface area contributed by atoms with Gasteiger partial charge in [0, 0.05) is 6.04 Å². The van der Waals surface area contributed by atoms with Crippen LogP contribution in [0.5, 0.6) is 5.75 Å². The summed E-state index contributed by atoms with van der Waals surface area (Å²) in [7, 11) is 0. The zero-order chi connectivity index (χ0) is 13.7. The van der Waals surface area contributed by atoms with E-state index in [4.69, 9.17) is 10.5 Å². The molecule has 1 atom stereocenters. The molecule has 0 saturated carbocycles. The molecular weight excluding hydrogens is 234 g/mol. The van der Waals surface area contributed by atoms with Crippen molar-refractivity contribution in [1.82, 2.24) is 0 Å². The Bertz CT molecular complexity index is 519. The minimum absolute atomic E-state index is 0.116. The van der Waals surface area contributed by atoms with Crippen molar-refractivity contribution in [3.63, 3.8) is 0 Å². The standard InChI is InChI=1S/C17H21NO/c1-3-17(18)14-8-10-16(11-9-14)19-12-15-7-5-4-6-13(15)2/h4-11,17H,3,12,18H2,1-2H3/t17-/m1/s1. The predicted molar refractivity (Wildman–Crippen MR) is 79.2 cm³/mol.